The molecular weight excluding hydrogens is 462 g/mol. The van der Waals surface area contributed by atoms with Crippen LogP contribution in [0.25, 0.3) is 5.69 Å². The van der Waals surface area contributed by atoms with Crippen LogP contribution >= 0.6 is 46.4 Å². The molecule has 3 aromatic rings. The van der Waals surface area contributed by atoms with Crippen molar-refractivity contribution in [2.75, 3.05) is 5.32 Å². The highest BCUT2D eigenvalue weighted by Gasteiger charge is 2.19. The number of halogens is 4. The molecule has 3 rings (SSSR count). The highest BCUT2D eigenvalue weighted by atomic mass is 35.5. The van der Waals surface area contributed by atoms with Crippen molar-refractivity contribution in [1.29, 1.82) is 0 Å². The second kappa shape index (κ2) is 8.84. The molecule has 1 aromatic heterocycles. The maximum atomic E-state index is 12.5. The van der Waals surface area contributed by atoms with Crippen LogP contribution in [0.15, 0.2) is 53.5 Å². The standard InChI is InChI=1S/C18H10Cl4N4O3/c19-9-4-6-10(7-5-9)26-17(28)15(22)13(8-23-26)24-18(29)25-16(27)14-11(20)2-1-3-12(14)21/h1-8H,(H2,24,25,27,29). The quantitative estimate of drug-likeness (QED) is 0.573. The summed E-state index contributed by atoms with van der Waals surface area (Å²) in [7, 11) is 0. The van der Waals surface area contributed by atoms with Gasteiger partial charge in [0.15, 0.2) is 0 Å². The highest BCUT2D eigenvalue weighted by molar-refractivity contribution is 6.40. The number of aromatic nitrogens is 2. The SMILES string of the molecule is O=C(NC(=O)c1c(Cl)cccc1Cl)Nc1cnn(-c2ccc(Cl)cc2)c(=O)c1Cl. The normalized spacial score (nSPS) is 10.5. The summed E-state index contributed by atoms with van der Waals surface area (Å²) in [5.41, 5.74) is -0.390. The van der Waals surface area contributed by atoms with Gasteiger partial charge in [0.2, 0.25) is 0 Å². The number of carbonyl (C=O) groups excluding carboxylic acids is 2. The van der Waals surface area contributed by atoms with Gasteiger partial charge in [-0.2, -0.15) is 9.78 Å². The van der Waals surface area contributed by atoms with Crippen LogP contribution in [0.2, 0.25) is 20.1 Å². The van der Waals surface area contributed by atoms with E-state index in [0.29, 0.717) is 10.7 Å². The number of nitrogens with zero attached hydrogens (tertiary/aromatic N) is 2. The van der Waals surface area contributed by atoms with Crippen LogP contribution < -0.4 is 16.2 Å². The molecule has 0 aliphatic carbocycles. The molecule has 0 fully saturated rings. The van der Waals surface area contributed by atoms with Gasteiger partial charge in [0, 0.05) is 5.02 Å². The minimum atomic E-state index is -0.946. The van der Waals surface area contributed by atoms with Crippen LogP contribution in [-0.2, 0) is 0 Å². The predicted octanol–water partition coefficient (Wildman–Crippen LogP) is 4.81. The number of carbonyl (C=O) groups is 2. The van der Waals surface area contributed by atoms with E-state index >= 15 is 0 Å². The first-order valence-electron chi connectivity index (χ1n) is 7.88. The first-order chi connectivity index (χ1) is 13.8. The molecule has 2 aromatic carbocycles. The molecule has 148 valence electrons. The van der Waals surface area contributed by atoms with Crippen LogP contribution in [0, 0.1) is 0 Å². The Morgan fingerprint density at radius 1 is 0.931 bits per heavy atom. The molecule has 29 heavy (non-hydrogen) atoms. The minimum absolute atomic E-state index is 0.0617. The van der Waals surface area contributed by atoms with Crippen molar-refractivity contribution in [2.45, 2.75) is 0 Å². The molecule has 2 N–H and O–H groups in total. The number of anilines is 1. The summed E-state index contributed by atoms with van der Waals surface area (Å²) in [5.74, 6) is -0.823. The summed E-state index contributed by atoms with van der Waals surface area (Å²) in [5, 5.41) is 8.66. The second-order valence-corrected chi connectivity index (χ2v) is 7.20. The van der Waals surface area contributed by atoms with E-state index in [1.54, 1.807) is 30.3 Å². The van der Waals surface area contributed by atoms with Gasteiger partial charge in [-0.3, -0.25) is 14.9 Å². The van der Waals surface area contributed by atoms with Crippen molar-refractivity contribution in [3.63, 3.8) is 0 Å². The third kappa shape index (κ3) is 4.71. The van der Waals surface area contributed by atoms with Gasteiger partial charge in [-0.25, -0.2) is 4.79 Å². The molecule has 0 aliphatic rings. The molecule has 0 saturated heterocycles. The van der Waals surface area contributed by atoms with E-state index < -0.39 is 17.5 Å². The van der Waals surface area contributed by atoms with Crippen molar-refractivity contribution in [2.24, 2.45) is 0 Å². The van der Waals surface area contributed by atoms with Gasteiger partial charge in [0.1, 0.15) is 5.02 Å². The molecule has 1 heterocycles. The van der Waals surface area contributed by atoms with Gasteiger partial charge >= 0.3 is 6.03 Å². The number of hydrogen-bond donors (Lipinski definition) is 2. The zero-order valence-corrected chi connectivity index (χ0v) is 17.3. The molecule has 3 amide bonds. The Morgan fingerprint density at radius 2 is 1.55 bits per heavy atom. The third-order valence-corrected chi connectivity index (χ3v) is 4.90. The van der Waals surface area contributed by atoms with E-state index in [9.17, 15) is 14.4 Å². The fraction of sp³-hybridized carbons (Fsp3) is 0. The lowest BCUT2D eigenvalue weighted by Crippen LogP contribution is -2.35. The smallest absolute Gasteiger partial charge is 0.305 e. The lowest BCUT2D eigenvalue weighted by molar-refractivity contribution is 0.0967. The number of rotatable bonds is 3. The maximum absolute atomic E-state index is 12.5. The van der Waals surface area contributed by atoms with E-state index in [1.165, 1.54) is 18.3 Å². The molecule has 0 unspecified atom stereocenters. The monoisotopic (exact) mass is 470 g/mol. The molecule has 11 heteroatoms. The van der Waals surface area contributed by atoms with Crippen molar-refractivity contribution in [3.8, 4) is 5.69 Å². The van der Waals surface area contributed by atoms with Gasteiger partial charge in [0.25, 0.3) is 11.5 Å². The van der Waals surface area contributed by atoms with Crippen molar-refractivity contribution < 1.29 is 9.59 Å². The van der Waals surface area contributed by atoms with Gasteiger partial charge < -0.3 is 5.32 Å². The Kier molecular flexibility index (Phi) is 6.44. The Balaban J connectivity index is 1.79. The number of hydrogen-bond acceptors (Lipinski definition) is 4. The molecule has 0 aliphatic heterocycles. The molecule has 0 radical (unpaired) electrons. The van der Waals surface area contributed by atoms with Crippen LogP contribution in [0.3, 0.4) is 0 Å². The van der Waals surface area contributed by atoms with Crippen LogP contribution in [-0.4, -0.2) is 21.7 Å². The van der Waals surface area contributed by atoms with Gasteiger partial charge in [0.05, 0.1) is 33.2 Å². The van der Waals surface area contributed by atoms with E-state index in [4.69, 9.17) is 46.4 Å². The average Bonchev–Trinajstić information content (AvgIpc) is 2.66. The molecule has 0 spiro atoms. The Labute approximate surface area is 184 Å². The first kappa shape index (κ1) is 21.1. The van der Waals surface area contributed by atoms with Gasteiger partial charge in [-0.1, -0.05) is 52.5 Å². The van der Waals surface area contributed by atoms with E-state index in [0.717, 1.165) is 4.68 Å². The van der Waals surface area contributed by atoms with Crippen molar-refractivity contribution >= 4 is 64.0 Å². The lowest BCUT2D eigenvalue weighted by Gasteiger charge is -2.11. The minimum Gasteiger partial charge on any atom is -0.305 e. The Hall–Kier alpha value is -2.58. The molecule has 0 bridgehead atoms. The number of imide groups is 1. The van der Waals surface area contributed by atoms with Crippen molar-refractivity contribution in [1.82, 2.24) is 15.1 Å². The van der Waals surface area contributed by atoms with Crippen molar-refractivity contribution in [3.05, 3.63) is 84.7 Å². The summed E-state index contributed by atoms with van der Waals surface area (Å²) in [6, 6.07) is 9.86. The topological polar surface area (TPSA) is 93.1 Å². The largest absolute Gasteiger partial charge is 0.326 e. The second-order valence-electron chi connectivity index (χ2n) is 5.57. The van der Waals surface area contributed by atoms with Crippen LogP contribution in [0.4, 0.5) is 10.5 Å². The summed E-state index contributed by atoms with van der Waals surface area (Å²) in [4.78, 5) is 36.8. The molecule has 0 atom stereocenters. The zero-order valence-electron chi connectivity index (χ0n) is 14.2. The van der Waals surface area contributed by atoms with Gasteiger partial charge in [-0.05, 0) is 36.4 Å². The van der Waals surface area contributed by atoms with Gasteiger partial charge in [-0.15, -0.1) is 0 Å². The average molecular weight is 472 g/mol. The number of urea groups is 1. The highest BCUT2D eigenvalue weighted by Crippen LogP contribution is 2.24. The summed E-state index contributed by atoms with van der Waals surface area (Å²) >= 11 is 23.8. The fourth-order valence-corrected chi connectivity index (χ4v) is 3.19. The van der Waals surface area contributed by atoms with E-state index in [1.807, 2.05) is 0 Å². The molecule has 0 saturated carbocycles. The molecular formula is C18H10Cl4N4O3. The summed E-state index contributed by atoms with van der Waals surface area (Å²) < 4.78 is 1.04. The molecule has 7 nitrogen and oxygen atoms in total. The number of amides is 3. The number of nitrogens with one attached hydrogen (secondary N) is 2. The summed E-state index contributed by atoms with van der Waals surface area (Å²) in [6.45, 7) is 0. The number of benzene rings is 2. The van der Waals surface area contributed by atoms with Crippen LogP contribution in [0.5, 0.6) is 0 Å². The third-order valence-electron chi connectivity index (χ3n) is 3.66. The van der Waals surface area contributed by atoms with E-state index in [2.05, 4.69) is 15.7 Å². The lowest BCUT2D eigenvalue weighted by atomic mass is 10.2. The fourth-order valence-electron chi connectivity index (χ4n) is 2.32. The predicted molar refractivity (Wildman–Crippen MR) is 113 cm³/mol. The Morgan fingerprint density at radius 3 is 2.17 bits per heavy atom. The van der Waals surface area contributed by atoms with E-state index in [-0.39, 0.29) is 26.3 Å². The zero-order chi connectivity index (χ0) is 21.1. The first-order valence-corrected chi connectivity index (χ1v) is 9.39. The maximum Gasteiger partial charge on any atom is 0.326 e. The summed E-state index contributed by atoms with van der Waals surface area (Å²) in [6.07, 6.45) is 1.17. The van der Waals surface area contributed by atoms with Crippen LogP contribution in [0.1, 0.15) is 10.4 Å². The Bertz CT molecular complexity index is 1140.